The molecule has 0 aromatic heterocycles. The number of carbonyl (C=O) groups excluding carboxylic acids is 2. The van der Waals surface area contributed by atoms with E-state index < -0.39 is 42.1 Å². The average molecular weight is 453 g/mol. The van der Waals surface area contributed by atoms with Crippen molar-refractivity contribution in [2.24, 2.45) is 5.92 Å². The molecule has 2 amide bonds. The molecule has 2 aromatic rings. The third-order valence-electron chi connectivity index (χ3n) is 4.92. The number of benzene rings is 2. The number of imide groups is 1. The first-order chi connectivity index (χ1) is 15.0. The monoisotopic (exact) mass is 453 g/mol. The molecule has 1 atom stereocenters. The van der Waals surface area contributed by atoms with Gasteiger partial charge in [-0.25, -0.2) is 0 Å². The van der Waals surface area contributed by atoms with Crippen LogP contribution in [0, 0.1) is 17.8 Å². The summed E-state index contributed by atoms with van der Waals surface area (Å²) in [5, 5.41) is 0. The van der Waals surface area contributed by atoms with E-state index in [0.717, 1.165) is 29.2 Å². The fraction of sp³-hybridized carbons (Fsp3) is 0.304. The highest BCUT2D eigenvalue weighted by Crippen LogP contribution is 2.30. The van der Waals surface area contributed by atoms with Crippen LogP contribution in [0.5, 0.6) is 0 Å². The Morgan fingerprint density at radius 1 is 0.844 bits per heavy atom. The van der Waals surface area contributed by atoms with E-state index in [-0.39, 0.29) is 36.1 Å². The number of alkyl halides is 6. The number of hydrogen-bond acceptors (Lipinski definition) is 2. The van der Waals surface area contributed by atoms with Crippen molar-refractivity contribution in [3.05, 3.63) is 70.8 Å². The van der Waals surface area contributed by atoms with Crippen LogP contribution in [-0.2, 0) is 6.18 Å². The highest BCUT2D eigenvalue weighted by molar-refractivity contribution is 6.21. The summed E-state index contributed by atoms with van der Waals surface area (Å²) in [6, 6.07) is 10.1. The normalized spacial score (nSPS) is 14.8. The average Bonchev–Trinajstić information content (AvgIpc) is 2.95. The summed E-state index contributed by atoms with van der Waals surface area (Å²) < 4.78 is 76.7. The van der Waals surface area contributed by atoms with Crippen molar-refractivity contribution in [3.8, 4) is 11.8 Å². The maximum absolute atomic E-state index is 12.9. The Labute approximate surface area is 180 Å². The third-order valence-corrected chi connectivity index (χ3v) is 4.92. The Kier molecular flexibility index (Phi) is 6.63. The fourth-order valence-electron chi connectivity index (χ4n) is 3.37. The minimum absolute atomic E-state index is 0.0411. The molecule has 1 heterocycles. The van der Waals surface area contributed by atoms with Crippen LogP contribution in [0.25, 0.3) is 0 Å². The summed E-state index contributed by atoms with van der Waals surface area (Å²) >= 11 is 0. The van der Waals surface area contributed by atoms with E-state index in [1.165, 1.54) is 12.1 Å². The van der Waals surface area contributed by atoms with Gasteiger partial charge in [0.25, 0.3) is 11.8 Å². The molecule has 32 heavy (non-hydrogen) atoms. The van der Waals surface area contributed by atoms with Gasteiger partial charge in [-0.15, -0.1) is 0 Å². The summed E-state index contributed by atoms with van der Waals surface area (Å²) in [5.74, 6) is 2.85. The zero-order valence-corrected chi connectivity index (χ0v) is 16.6. The lowest BCUT2D eigenvalue weighted by Gasteiger charge is -2.17. The predicted molar refractivity (Wildman–Crippen MR) is 104 cm³/mol. The number of halogens is 6. The first-order valence-corrected chi connectivity index (χ1v) is 9.66. The SMILES string of the molecule is O=C1c2ccccc2C(=O)N1CCCC(C#Cc1ccc(C(F)(F)F)cc1)CC(F)(F)F. The number of carbonyl (C=O) groups is 2. The second-order valence-electron chi connectivity index (χ2n) is 7.31. The Morgan fingerprint density at radius 3 is 1.91 bits per heavy atom. The summed E-state index contributed by atoms with van der Waals surface area (Å²) in [7, 11) is 0. The van der Waals surface area contributed by atoms with Crippen LogP contribution in [0.15, 0.2) is 48.5 Å². The Hall–Kier alpha value is -3.28. The molecule has 0 spiro atoms. The predicted octanol–water partition coefficient (Wildman–Crippen LogP) is 5.70. The number of fused-ring (bicyclic) bond motifs is 1. The van der Waals surface area contributed by atoms with E-state index in [1.54, 1.807) is 12.1 Å². The molecule has 1 unspecified atom stereocenters. The summed E-state index contributed by atoms with van der Waals surface area (Å²) in [6.07, 6.45) is -10.2. The molecule has 0 bridgehead atoms. The molecule has 0 radical (unpaired) electrons. The van der Waals surface area contributed by atoms with Gasteiger partial charge in [0, 0.05) is 18.0 Å². The molecule has 0 saturated carbocycles. The van der Waals surface area contributed by atoms with Crippen LogP contribution in [0.3, 0.4) is 0 Å². The van der Waals surface area contributed by atoms with E-state index in [4.69, 9.17) is 0 Å². The topological polar surface area (TPSA) is 37.4 Å². The van der Waals surface area contributed by atoms with Gasteiger partial charge < -0.3 is 0 Å². The van der Waals surface area contributed by atoms with Gasteiger partial charge in [-0.2, -0.15) is 26.3 Å². The van der Waals surface area contributed by atoms with Gasteiger partial charge >= 0.3 is 12.4 Å². The minimum Gasteiger partial charge on any atom is -0.274 e. The molecule has 3 rings (SSSR count). The molecule has 0 N–H and O–H groups in total. The lowest BCUT2D eigenvalue weighted by atomic mass is 9.98. The van der Waals surface area contributed by atoms with Crippen molar-refractivity contribution in [2.75, 3.05) is 6.54 Å². The molecule has 1 aliphatic heterocycles. The van der Waals surface area contributed by atoms with E-state index >= 15 is 0 Å². The van der Waals surface area contributed by atoms with Crippen molar-refractivity contribution in [3.63, 3.8) is 0 Å². The van der Waals surface area contributed by atoms with Gasteiger partial charge in [-0.3, -0.25) is 14.5 Å². The maximum Gasteiger partial charge on any atom is 0.416 e. The Bertz CT molecular complexity index is 1030. The van der Waals surface area contributed by atoms with Crippen molar-refractivity contribution in [1.82, 2.24) is 4.90 Å². The van der Waals surface area contributed by atoms with Gasteiger partial charge in [0.2, 0.25) is 0 Å². The van der Waals surface area contributed by atoms with Crippen LogP contribution in [-0.4, -0.2) is 29.4 Å². The quantitative estimate of drug-likeness (QED) is 0.331. The first-order valence-electron chi connectivity index (χ1n) is 9.66. The van der Waals surface area contributed by atoms with Gasteiger partial charge in [0.15, 0.2) is 0 Å². The molecular weight excluding hydrogens is 436 g/mol. The standard InChI is InChI=1S/C23H17F6NO2/c24-22(25,26)14-16(8-7-15-9-11-17(12-10-15)23(27,28)29)4-3-13-30-20(31)18-5-1-2-6-19(18)21(30)32/h1-2,5-6,9-12,16H,3-4,13-14H2. The van der Waals surface area contributed by atoms with Crippen LogP contribution in [0.4, 0.5) is 26.3 Å². The molecule has 0 saturated heterocycles. The fourth-order valence-corrected chi connectivity index (χ4v) is 3.37. The third kappa shape index (κ3) is 5.69. The second-order valence-corrected chi connectivity index (χ2v) is 7.31. The van der Waals surface area contributed by atoms with Gasteiger partial charge in [0.1, 0.15) is 0 Å². The number of amides is 2. The second kappa shape index (κ2) is 9.07. The van der Waals surface area contributed by atoms with Crippen LogP contribution in [0.2, 0.25) is 0 Å². The van der Waals surface area contributed by atoms with E-state index in [2.05, 4.69) is 11.8 Å². The van der Waals surface area contributed by atoms with Gasteiger partial charge in [-0.05, 0) is 49.2 Å². The summed E-state index contributed by atoms with van der Waals surface area (Å²) in [6.45, 7) is -0.0529. The van der Waals surface area contributed by atoms with E-state index in [9.17, 15) is 35.9 Å². The zero-order valence-electron chi connectivity index (χ0n) is 16.6. The smallest absolute Gasteiger partial charge is 0.274 e. The van der Waals surface area contributed by atoms with Crippen LogP contribution >= 0.6 is 0 Å². The number of hydrogen-bond donors (Lipinski definition) is 0. The first kappa shape index (κ1) is 23.4. The molecular formula is C23H17F6NO2. The Balaban J connectivity index is 1.66. The van der Waals surface area contributed by atoms with Crippen LogP contribution in [0.1, 0.15) is 51.1 Å². The molecule has 9 heteroatoms. The van der Waals surface area contributed by atoms with Gasteiger partial charge in [0.05, 0.1) is 23.1 Å². The number of nitrogens with zero attached hydrogens (tertiary/aromatic N) is 1. The molecule has 0 fully saturated rings. The zero-order chi connectivity index (χ0) is 23.5. The molecule has 3 nitrogen and oxygen atoms in total. The molecule has 2 aromatic carbocycles. The summed E-state index contributed by atoms with van der Waals surface area (Å²) in [4.78, 5) is 25.7. The van der Waals surface area contributed by atoms with Gasteiger partial charge in [-0.1, -0.05) is 24.0 Å². The summed E-state index contributed by atoms with van der Waals surface area (Å²) in [5.41, 5.74) is -0.209. The van der Waals surface area contributed by atoms with Crippen LogP contribution < -0.4 is 0 Å². The molecule has 1 aliphatic rings. The maximum atomic E-state index is 12.9. The highest BCUT2D eigenvalue weighted by atomic mass is 19.4. The largest absolute Gasteiger partial charge is 0.416 e. The van der Waals surface area contributed by atoms with Crippen molar-refractivity contribution >= 4 is 11.8 Å². The van der Waals surface area contributed by atoms with Crippen molar-refractivity contribution < 1.29 is 35.9 Å². The minimum atomic E-state index is -4.52. The van der Waals surface area contributed by atoms with Crippen molar-refractivity contribution in [2.45, 2.75) is 31.6 Å². The number of rotatable bonds is 5. The van der Waals surface area contributed by atoms with E-state index in [0.29, 0.717) is 0 Å². The molecule has 0 aliphatic carbocycles. The van der Waals surface area contributed by atoms with E-state index in [1.807, 2.05) is 0 Å². The molecule has 168 valence electrons. The van der Waals surface area contributed by atoms with Crippen molar-refractivity contribution in [1.29, 1.82) is 0 Å². The lowest BCUT2D eigenvalue weighted by molar-refractivity contribution is -0.141. The Morgan fingerprint density at radius 2 is 1.41 bits per heavy atom. The highest BCUT2D eigenvalue weighted by Gasteiger charge is 2.35. The lowest BCUT2D eigenvalue weighted by Crippen LogP contribution is -2.31.